The first-order valence-corrected chi connectivity index (χ1v) is 21.1. The number of nitrogens with one attached hydrogen (secondary N) is 8. The van der Waals surface area contributed by atoms with Gasteiger partial charge in [-0.15, -0.1) is 0 Å². The molecule has 0 bridgehead atoms. The number of carbonyl (C=O) groups is 6. The lowest BCUT2D eigenvalue weighted by Gasteiger charge is -2.06. The van der Waals surface area contributed by atoms with Gasteiger partial charge >= 0.3 is 35.8 Å². The van der Waals surface area contributed by atoms with Crippen LogP contribution in [0, 0.1) is 21.6 Å². The standard InChI is InChI=1S/4C6H14N4O2.2C6H14N2O2/c4*7-4(5(11)12)2-1-3-10-6(8)9;2*7-4-2-1-3-5(8)6(9)10/h4*4H,1-3,7H2,(H,11,12)(H4,8,9,10);2*5H,1-4,7-8H2,(H,9,10). The van der Waals surface area contributed by atoms with Gasteiger partial charge in [0.2, 0.25) is 0 Å². The van der Waals surface area contributed by atoms with E-state index >= 15 is 0 Å². The summed E-state index contributed by atoms with van der Waals surface area (Å²) in [6.07, 6.45) is 8.23. The molecule has 0 radical (unpaired) electrons. The maximum Gasteiger partial charge on any atom is 0.320 e. The highest BCUT2D eigenvalue weighted by molar-refractivity contribution is 5.76. The monoisotopic (exact) mass is 989 g/mol. The van der Waals surface area contributed by atoms with Crippen LogP contribution >= 0.6 is 0 Å². The largest absolute Gasteiger partial charge is 0.480 e. The number of nitrogens with two attached hydrogens (primary N) is 12. The van der Waals surface area contributed by atoms with E-state index in [2.05, 4.69) is 21.3 Å². The van der Waals surface area contributed by atoms with Crippen molar-refractivity contribution in [3.63, 3.8) is 0 Å². The van der Waals surface area contributed by atoms with E-state index in [1.54, 1.807) is 0 Å². The van der Waals surface area contributed by atoms with Gasteiger partial charge in [0.25, 0.3) is 0 Å². The van der Waals surface area contributed by atoms with Crippen molar-refractivity contribution in [2.75, 3.05) is 39.3 Å². The van der Waals surface area contributed by atoms with E-state index in [0.29, 0.717) is 103 Å². The first-order valence-electron chi connectivity index (χ1n) is 21.1. The molecule has 38 N–H and O–H groups in total. The van der Waals surface area contributed by atoms with E-state index in [9.17, 15) is 28.8 Å². The summed E-state index contributed by atoms with van der Waals surface area (Å²) in [7, 11) is 0. The van der Waals surface area contributed by atoms with E-state index in [1.165, 1.54) is 0 Å². The molecule has 0 aromatic carbocycles. The predicted molar refractivity (Wildman–Crippen MR) is 256 cm³/mol. The van der Waals surface area contributed by atoms with Crippen molar-refractivity contribution in [2.45, 2.75) is 126 Å². The van der Waals surface area contributed by atoms with Gasteiger partial charge in [0.1, 0.15) is 36.3 Å². The third-order valence-corrected chi connectivity index (χ3v) is 7.87. The zero-order chi connectivity index (χ0) is 54.2. The SMILES string of the molecule is N=C(N)NCCCC(N)C(=O)O.N=C(N)NCCCC(N)C(=O)O.N=C(N)NCCCC(N)C(=O)O.N=C(N)NCCCC(N)C(=O)O.NCCCCC(N)C(=O)O.NCCCCC(N)C(=O)O. The Morgan fingerprint density at radius 2 is 0.471 bits per heavy atom. The molecule has 0 fully saturated rings. The van der Waals surface area contributed by atoms with E-state index in [-0.39, 0.29) is 23.8 Å². The highest BCUT2D eigenvalue weighted by Crippen LogP contribution is 1.98. The van der Waals surface area contributed by atoms with Crippen LogP contribution in [-0.2, 0) is 28.8 Å². The van der Waals surface area contributed by atoms with Gasteiger partial charge in [-0.1, -0.05) is 12.8 Å². The molecular weight excluding hydrogens is 905 g/mol. The number of unbranched alkanes of at least 4 members (excludes halogenated alkanes) is 2. The fraction of sp³-hybridized carbons (Fsp3) is 0.722. The second-order valence-corrected chi connectivity index (χ2v) is 14.2. The average molecular weight is 989 g/mol. The summed E-state index contributed by atoms with van der Waals surface area (Å²) in [6.45, 7) is 3.14. The third-order valence-electron chi connectivity index (χ3n) is 7.87. The van der Waals surface area contributed by atoms with Crippen LogP contribution in [0.1, 0.15) is 89.9 Å². The molecule has 0 heterocycles. The molecule has 0 saturated carbocycles. The summed E-state index contributed by atoms with van der Waals surface area (Å²) in [5.74, 6) is -6.32. The highest BCUT2D eigenvalue weighted by atomic mass is 16.4. The van der Waals surface area contributed by atoms with Crippen LogP contribution in [0.25, 0.3) is 0 Å². The van der Waals surface area contributed by atoms with Gasteiger partial charge < -0.3 is 121 Å². The molecular formula is C36H84N20O12. The third kappa shape index (κ3) is 66.2. The van der Waals surface area contributed by atoms with Crippen molar-refractivity contribution >= 4 is 59.7 Å². The molecule has 0 spiro atoms. The van der Waals surface area contributed by atoms with E-state index in [1.807, 2.05) is 0 Å². The van der Waals surface area contributed by atoms with Crippen LogP contribution in [0.5, 0.6) is 0 Å². The zero-order valence-electron chi connectivity index (χ0n) is 38.7. The minimum Gasteiger partial charge on any atom is -0.480 e. The van der Waals surface area contributed by atoms with Gasteiger partial charge in [-0.05, 0) is 90.1 Å². The Morgan fingerprint density at radius 1 is 0.324 bits per heavy atom. The van der Waals surface area contributed by atoms with Crippen molar-refractivity contribution in [3.8, 4) is 0 Å². The van der Waals surface area contributed by atoms with E-state index in [4.69, 9.17) is 121 Å². The molecule has 32 heteroatoms. The van der Waals surface area contributed by atoms with Gasteiger partial charge in [0.15, 0.2) is 23.8 Å². The minimum atomic E-state index is -1.00. The summed E-state index contributed by atoms with van der Waals surface area (Å²) >= 11 is 0. The first kappa shape index (κ1) is 73.2. The average Bonchev–Trinajstić information content (AvgIpc) is 3.24. The molecule has 400 valence electrons. The maximum atomic E-state index is 10.2. The zero-order valence-corrected chi connectivity index (χ0v) is 38.7. The molecule has 32 nitrogen and oxygen atoms in total. The van der Waals surface area contributed by atoms with E-state index in [0.717, 1.165) is 25.7 Å². The lowest BCUT2D eigenvalue weighted by Crippen LogP contribution is -2.34. The number of hydrogen-bond acceptors (Lipinski definition) is 18. The molecule has 0 amide bonds. The summed E-state index contributed by atoms with van der Waals surface area (Å²) in [5.41, 5.74) is 61.7. The number of carboxylic acids is 6. The Balaban J connectivity index is -0.000000170. The summed E-state index contributed by atoms with van der Waals surface area (Å²) in [5, 5.41) is 87.5. The Morgan fingerprint density at radius 3 is 0.588 bits per heavy atom. The van der Waals surface area contributed by atoms with Crippen molar-refractivity contribution in [1.29, 1.82) is 21.6 Å². The van der Waals surface area contributed by atoms with Gasteiger partial charge in [0.05, 0.1) is 0 Å². The molecule has 0 aromatic heterocycles. The second-order valence-electron chi connectivity index (χ2n) is 14.2. The maximum absolute atomic E-state index is 10.2. The van der Waals surface area contributed by atoms with Crippen LogP contribution in [0.4, 0.5) is 0 Å². The first-order chi connectivity index (χ1) is 31.5. The van der Waals surface area contributed by atoms with Crippen molar-refractivity contribution in [1.82, 2.24) is 21.3 Å². The fourth-order valence-corrected chi connectivity index (χ4v) is 3.94. The number of rotatable bonds is 30. The number of hydrogen-bond donors (Lipinski definition) is 26. The van der Waals surface area contributed by atoms with Gasteiger partial charge in [-0.2, -0.15) is 0 Å². The Hall–Kier alpha value is -6.42. The van der Waals surface area contributed by atoms with Crippen LogP contribution in [0.15, 0.2) is 0 Å². The molecule has 0 aliphatic rings. The summed E-state index contributed by atoms with van der Waals surface area (Å²) in [4.78, 5) is 61.1. The lowest BCUT2D eigenvalue weighted by atomic mass is 10.1. The normalized spacial score (nSPS) is 12.4. The molecule has 0 saturated heterocycles. The number of aliphatic carboxylic acids is 6. The molecule has 0 aliphatic carbocycles. The Bertz CT molecular complexity index is 1240. The molecule has 0 aliphatic heterocycles. The summed E-state index contributed by atoms with van der Waals surface area (Å²) < 4.78 is 0. The number of guanidine groups is 4. The minimum absolute atomic E-state index is 0.112. The molecule has 0 rings (SSSR count). The van der Waals surface area contributed by atoms with Crippen LogP contribution in [-0.4, -0.2) is 166 Å². The summed E-state index contributed by atoms with van der Waals surface area (Å²) in [6, 6.07) is -4.71. The van der Waals surface area contributed by atoms with Crippen LogP contribution in [0.2, 0.25) is 0 Å². The molecule has 0 aromatic rings. The topological polar surface area (TPSA) is 680 Å². The fourth-order valence-electron chi connectivity index (χ4n) is 3.94. The molecule has 6 unspecified atom stereocenters. The quantitative estimate of drug-likeness (QED) is 0.0181. The number of carboxylic acid groups (broad SMARTS) is 6. The van der Waals surface area contributed by atoms with Crippen molar-refractivity contribution in [3.05, 3.63) is 0 Å². The molecule has 68 heavy (non-hydrogen) atoms. The van der Waals surface area contributed by atoms with Gasteiger partial charge in [-0.3, -0.25) is 50.4 Å². The second kappa shape index (κ2) is 50.0. The van der Waals surface area contributed by atoms with E-state index < -0.39 is 72.1 Å². The smallest absolute Gasteiger partial charge is 0.320 e. The van der Waals surface area contributed by atoms with Crippen LogP contribution < -0.4 is 90.1 Å². The van der Waals surface area contributed by atoms with Gasteiger partial charge in [-0.25, -0.2) is 0 Å². The van der Waals surface area contributed by atoms with Gasteiger partial charge in [0, 0.05) is 26.2 Å². The Kier molecular flexibility index (Phi) is 53.8. The van der Waals surface area contributed by atoms with Crippen molar-refractivity contribution in [2.24, 2.45) is 68.8 Å². The Labute approximate surface area is 395 Å². The highest BCUT2D eigenvalue weighted by Gasteiger charge is 2.13. The predicted octanol–water partition coefficient (Wildman–Crippen LogP) is -6.30. The molecule has 6 atom stereocenters. The van der Waals surface area contributed by atoms with Crippen molar-refractivity contribution < 1.29 is 59.4 Å². The lowest BCUT2D eigenvalue weighted by molar-refractivity contribution is -0.139. The van der Waals surface area contributed by atoms with Crippen LogP contribution in [0.3, 0.4) is 0 Å².